The summed E-state index contributed by atoms with van der Waals surface area (Å²) in [5, 5.41) is 0. The number of sulfonamides is 1. The highest BCUT2D eigenvalue weighted by molar-refractivity contribution is 7.89. The fraction of sp³-hybridized carbons (Fsp3) is 0.115. The lowest BCUT2D eigenvalue weighted by Gasteiger charge is -2.25. The largest absolute Gasteiger partial charge is 0.468 e. The first-order valence-corrected chi connectivity index (χ1v) is 14.1. The Balaban J connectivity index is 1.72. The summed E-state index contributed by atoms with van der Waals surface area (Å²) in [5.41, 5.74) is 7.59. The number of aromatic nitrogens is 1. The molecule has 0 aliphatic carbocycles. The van der Waals surface area contributed by atoms with Crippen LogP contribution in [0.1, 0.15) is 24.4 Å². The van der Waals surface area contributed by atoms with Crippen LogP contribution in [0.4, 0.5) is 0 Å². The van der Waals surface area contributed by atoms with Crippen LogP contribution in [0.5, 0.6) is 0 Å². The molecule has 0 spiro atoms. The number of benzene rings is 1. The number of thiazole rings is 1. The number of nitrogens with one attached hydrogen (secondary N) is 2. The van der Waals surface area contributed by atoms with Gasteiger partial charge in [0, 0.05) is 6.08 Å². The molecule has 1 aliphatic rings. The second-order valence-electron chi connectivity index (χ2n) is 8.33. The number of nitrogens with zero attached hydrogens (tertiary/aromatic N) is 1. The van der Waals surface area contributed by atoms with Crippen LogP contribution in [0.25, 0.3) is 17.5 Å². The summed E-state index contributed by atoms with van der Waals surface area (Å²) >= 11 is 0.910. The standard InChI is InChI=1S/C26H22N4O8S2/c1-2-36-26(33)20-19(17-11-7-13-38-17)21(23(31)28-29-40(34,35)16-9-4-3-5-10-16)25-30(22(20)27)24(32)18(39-25)14-15-8-6-12-37-15/h3-14,19,29H,2,27H2,1H3,(H,28,31)/b18-14-. The van der Waals surface area contributed by atoms with E-state index in [-0.39, 0.29) is 43.4 Å². The molecule has 0 saturated carbocycles. The first-order chi connectivity index (χ1) is 19.2. The number of hydrogen-bond donors (Lipinski definition) is 3. The highest BCUT2D eigenvalue weighted by Crippen LogP contribution is 2.37. The summed E-state index contributed by atoms with van der Waals surface area (Å²) in [7, 11) is -4.16. The molecule has 14 heteroatoms. The molecule has 1 amide bonds. The molecule has 0 bridgehead atoms. The first kappa shape index (κ1) is 26.9. The van der Waals surface area contributed by atoms with E-state index >= 15 is 0 Å². The van der Waals surface area contributed by atoms with E-state index < -0.39 is 33.4 Å². The smallest absolute Gasteiger partial charge is 0.338 e. The number of rotatable bonds is 8. The number of furan rings is 2. The van der Waals surface area contributed by atoms with Gasteiger partial charge in [0.05, 0.1) is 45.6 Å². The predicted molar refractivity (Wildman–Crippen MR) is 144 cm³/mol. The Morgan fingerprint density at radius 2 is 1.80 bits per heavy atom. The van der Waals surface area contributed by atoms with E-state index in [0.717, 1.165) is 15.9 Å². The van der Waals surface area contributed by atoms with Gasteiger partial charge in [-0.3, -0.25) is 19.6 Å². The number of esters is 1. The van der Waals surface area contributed by atoms with Gasteiger partial charge in [0.1, 0.15) is 22.0 Å². The molecule has 206 valence electrons. The van der Waals surface area contributed by atoms with Crippen molar-refractivity contribution in [3.8, 4) is 0 Å². The molecule has 1 unspecified atom stereocenters. The summed E-state index contributed by atoms with van der Waals surface area (Å²) in [6.45, 7) is 1.58. The fourth-order valence-electron chi connectivity index (χ4n) is 4.16. The number of carbonyl (C=O) groups excluding carboxylic acids is 2. The van der Waals surface area contributed by atoms with Crippen LogP contribution in [0.3, 0.4) is 0 Å². The summed E-state index contributed by atoms with van der Waals surface area (Å²) in [4.78, 5) is 42.4. The van der Waals surface area contributed by atoms with Gasteiger partial charge in [-0.15, -0.1) is 16.2 Å². The molecule has 3 aromatic heterocycles. The van der Waals surface area contributed by atoms with Crippen LogP contribution in [0, 0.1) is 0 Å². The second-order valence-corrected chi connectivity index (χ2v) is 11.0. The third-order valence-electron chi connectivity index (χ3n) is 5.88. The van der Waals surface area contributed by atoms with E-state index in [0.29, 0.717) is 5.76 Å². The summed E-state index contributed by atoms with van der Waals surface area (Å²) in [6, 6.07) is 13.7. The Kier molecular flexibility index (Phi) is 7.30. The number of hydrogen-bond acceptors (Lipinski definition) is 10. The summed E-state index contributed by atoms with van der Waals surface area (Å²) in [6.07, 6.45) is 4.24. The SMILES string of the molecule is CCOC(=O)C1=C(N)n2c(s/c(=C\c3ccco3)c2=O)=C(C(=O)NNS(=O)(=O)c2ccccc2)C1c1ccco1. The molecule has 1 aliphatic heterocycles. The highest BCUT2D eigenvalue weighted by Gasteiger charge is 2.41. The van der Waals surface area contributed by atoms with E-state index in [2.05, 4.69) is 10.3 Å². The average molecular weight is 583 g/mol. The molecular formula is C26H22N4O8S2. The normalized spacial score (nSPS) is 15.7. The number of ether oxygens (including phenoxy) is 1. The van der Waals surface area contributed by atoms with Crippen molar-refractivity contribution in [3.05, 3.63) is 104 Å². The molecule has 4 heterocycles. The van der Waals surface area contributed by atoms with Gasteiger partial charge in [-0.1, -0.05) is 18.2 Å². The van der Waals surface area contributed by atoms with E-state index in [9.17, 15) is 22.8 Å². The molecule has 5 rings (SSSR count). The predicted octanol–water partition coefficient (Wildman–Crippen LogP) is 0.573. The van der Waals surface area contributed by atoms with Crippen LogP contribution in [-0.4, -0.2) is 31.5 Å². The van der Waals surface area contributed by atoms with Crippen LogP contribution in [-0.2, 0) is 24.3 Å². The van der Waals surface area contributed by atoms with Gasteiger partial charge in [-0.25, -0.2) is 13.2 Å². The van der Waals surface area contributed by atoms with E-state index in [1.807, 2.05) is 0 Å². The third kappa shape index (κ3) is 4.90. The molecule has 1 aromatic carbocycles. The topological polar surface area (TPSA) is 176 Å². The maximum atomic E-state index is 13.7. The maximum Gasteiger partial charge on any atom is 0.338 e. The van der Waals surface area contributed by atoms with Crippen molar-refractivity contribution in [2.45, 2.75) is 17.7 Å². The molecular weight excluding hydrogens is 560 g/mol. The zero-order chi connectivity index (χ0) is 28.4. The van der Waals surface area contributed by atoms with Gasteiger partial charge in [0.25, 0.3) is 21.5 Å². The number of fused-ring (bicyclic) bond motifs is 1. The van der Waals surface area contributed by atoms with Gasteiger partial charge >= 0.3 is 5.97 Å². The van der Waals surface area contributed by atoms with Crippen molar-refractivity contribution < 1.29 is 31.6 Å². The third-order valence-corrected chi connectivity index (χ3v) is 8.26. The Labute approximate surface area is 230 Å². The average Bonchev–Trinajstić information content (AvgIpc) is 3.71. The van der Waals surface area contributed by atoms with Crippen molar-refractivity contribution in [1.29, 1.82) is 0 Å². The molecule has 40 heavy (non-hydrogen) atoms. The van der Waals surface area contributed by atoms with Crippen LogP contribution in [0.2, 0.25) is 0 Å². The maximum absolute atomic E-state index is 13.7. The lowest BCUT2D eigenvalue weighted by molar-refractivity contribution is -0.138. The number of amides is 1. The number of hydrazine groups is 1. The molecule has 4 N–H and O–H groups in total. The minimum absolute atomic E-state index is 0.0121. The zero-order valence-corrected chi connectivity index (χ0v) is 22.5. The lowest BCUT2D eigenvalue weighted by Crippen LogP contribution is -2.47. The lowest BCUT2D eigenvalue weighted by atomic mass is 9.86. The second kappa shape index (κ2) is 10.8. The van der Waals surface area contributed by atoms with Crippen LogP contribution < -0.4 is 30.7 Å². The molecule has 12 nitrogen and oxygen atoms in total. The van der Waals surface area contributed by atoms with Gasteiger partial charge in [-0.05, 0) is 43.3 Å². The quantitative estimate of drug-likeness (QED) is 0.198. The minimum Gasteiger partial charge on any atom is -0.468 e. The molecule has 0 saturated heterocycles. The van der Waals surface area contributed by atoms with Crippen molar-refractivity contribution in [2.75, 3.05) is 6.61 Å². The number of nitrogens with two attached hydrogens (primary N) is 1. The zero-order valence-electron chi connectivity index (χ0n) is 20.8. The van der Waals surface area contributed by atoms with Gasteiger partial charge < -0.3 is 19.3 Å². The molecule has 0 fully saturated rings. The van der Waals surface area contributed by atoms with Crippen molar-refractivity contribution in [3.63, 3.8) is 0 Å². The minimum atomic E-state index is -4.16. The Morgan fingerprint density at radius 1 is 1.07 bits per heavy atom. The van der Waals surface area contributed by atoms with Gasteiger partial charge in [0.2, 0.25) is 0 Å². The van der Waals surface area contributed by atoms with Crippen LogP contribution >= 0.6 is 11.3 Å². The Hall–Kier alpha value is -4.66. The Morgan fingerprint density at radius 3 is 2.45 bits per heavy atom. The summed E-state index contributed by atoms with van der Waals surface area (Å²) in [5.74, 6) is -2.80. The fourth-order valence-corrected chi connectivity index (χ4v) is 6.17. The van der Waals surface area contributed by atoms with Gasteiger partial charge in [-0.2, -0.15) is 0 Å². The monoisotopic (exact) mass is 582 g/mol. The molecule has 0 radical (unpaired) electrons. The Bertz CT molecular complexity index is 1890. The highest BCUT2D eigenvalue weighted by atomic mass is 32.2. The van der Waals surface area contributed by atoms with E-state index in [1.54, 1.807) is 31.2 Å². The van der Waals surface area contributed by atoms with E-state index in [1.165, 1.54) is 48.9 Å². The van der Waals surface area contributed by atoms with E-state index in [4.69, 9.17) is 19.3 Å². The van der Waals surface area contributed by atoms with Gasteiger partial charge in [0.15, 0.2) is 0 Å². The van der Waals surface area contributed by atoms with Crippen LogP contribution in [0.15, 0.2) is 91.2 Å². The number of carbonyl (C=O) groups is 2. The van der Waals surface area contributed by atoms with Crippen molar-refractivity contribution in [2.24, 2.45) is 5.73 Å². The first-order valence-electron chi connectivity index (χ1n) is 11.8. The summed E-state index contributed by atoms with van der Waals surface area (Å²) < 4.78 is 42.9. The van der Waals surface area contributed by atoms with Crippen molar-refractivity contribution in [1.82, 2.24) is 14.8 Å². The molecule has 4 aromatic rings. The van der Waals surface area contributed by atoms with Crippen molar-refractivity contribution >= 4 is 50.7 Å². The molecule has 1 atom stereocenters.